The number of unbranched alkanes of at least 4 members (excludes halogenated alkanes) is 11. The van der Waals surface area contributed by atoms with Gasteiger partial charge in [-0.1, -0.05) is 130 Å². The fraction of sp³-hybridized carbons (Fsp3) is 0.848. The lowest BCUT2D eigenvalue weighted by Gasteiger charge is -2.62. The maximum Gasteiger partial charge on any atom is 0.306 e. The number of carbonyl (C=O) groups excluding carboxylic acids is 1. The summed E-state index contributed by atoms with van der Waals surface area (Å²) in [6, 6.07) is 0. The highest BCUT2D eigenvalue weighted by atomic mass is 16.6. The SMILES string of the molecule is CCCCCCCC/C=C\CCCCCCCC(=O)O[C@@H]1C=C2[C@@H]3CC[C@H]([C@H](C)/C=C/[C@H](C)C(C)C)[C@@]3(C)CC[C@@H]2[C@@]2(C)CC[C@H](O)C[C@]12O. The van der Waals surface area contributed by atoms with Gasteiger partial charge < -0.3 is 14.9 Å². The summed E-state index contributed by atoms with van der Waals surface area (Å²) in [5.41, 5.74) is 0.0366. The minimum atomic E-state index is -1.23. The van der Waals surface area contributed by atoms with E-state index in [9.17, 15) is 15.0 Å². The summed E-state index contributed by atoms with van der Waals surface area (Å²) in [4.78, 5) is 13.4. The zero-order chi connectivity index (χ0) is 36.4. The van der Waals surface area contributed by atoms with E-state index in [2.05, 4.69) is 78.8 Å². The topological polar surface area (TPSA) is 66.8 Å². The van der Waals surface area contributed by atoms with Crippen molar-refractivity contribution in [2.24, 2.45) is 46.3 Å². The summed E-state index contributed by atoms with van der Waals surface area (Å²) in [6.45, 7) is 16.4. The third kappa shape index (κ3) is 9.77. The molecule has 286 valence electrons. The number of fused-ring (bicyclic) bond motifs is 5. The van der Waals surface area contributed by atoms with Crippen LogP contribution in [0.15, 0.2) is 36.0 Å². The Kier molecular flexibility index (Phi) is 15.8. The van der Waals surface area contributed by atoms with Gasteiger partial charge in [0.1, 0.15) is 11.7 Å². The van der Waals surface area contributed by atoms with Gasteiger partial charge in [-0.05, 0) is 118 Å². The van der Waals surface area contributed by atoms with Crippen molar-refractivity contribution in [1.29, 1.82) is 0 Å². The Hall–Kier alpha value is -1.39. The standard InChI is InChI=1S/C46H78O4/c1-8-9-10-11-12-13-14-15-16-17-18-19-20-21-22-23-43(48)50-42-32-38-40-27-26-39(36(5)25-24-35(4)34(2)3)44(40,6)30-29-41(38)45(7)31-28-37(47)33-46(42,45)49/h15-16,24-25,32,34-37,39-42,47,49H,8-14,17-23,26-31,33H2,1-7H3/b16-15-,25-24+/t35-,36+,37-,39+,40-,41-,42+,44+,45+,46-/m0/s1. The third-order valence-corrected chi connectivity index (χ3v) is 14.6. The van der Waals surface area contributed by atoms with Crippen molar-refractivity contribution in [2.75, 3.05) is 0 Å². The Morgan fingerprint density at radius 3 is 2.14 bits per heavy atom. The first-order valence-corrected chi connectivity index (χ1v) is 21.5. The number of carbonyl (C=O) groups is 1. The largest absolute Gasteiger partial charge is 0.455 e. The van der Waals surface area contributed by atoms with E-state index in [1.54, 1.807) is 0 Å². The predicted molar refractivity (Wildman–Crippen MR) is 210 cm³/mol. The van der Waals surface area contributed by atoms with Gasteiger partial charge in [-0.2, -0.15) is 0 Å². The molecule has 4 rings (SSSR count). The molecule has 3 saturated carbocycles. The van der Waals surface area contributed by atoms with Crippen molar-refractivity contribution >= 4 is 5.97 Å². The molecule has 4 nitrogen and oxygen atoms in total. The summed E-state index contributed by atoms with van der Waals surface area (Å²) >= 11 is 0. The fourth-order valence-corrected chi connectivity index (χ4v) is 10.8. The monoisotopic (exact) mass is 695 g/mol. The number of aliphatic hydroxyl groups is 2. The molecule has 0 aliphatic heterocycles. The molecule has 4 aliphatic carbocycles. The average molecular weight is 695 g/mol. The van der Waals surface area contributed by atoms with E-state index in [4.69, 9.17) is 4.74 Å². The molecule has 4 aliphatic rings. The van der Waals surface area contributed by atoms with Gasteiger partial charge in [0, 0.05) is 18.3 Å². The first-order chi connectivity index (χ1) is 23.9. The summed E-state index contributed by atoms with van der Waals surface area (Å²) in [6.07, 6.45) is 33.4. The number of esters is 1. The summed E-state index contributed by atoms with van der Waals surface area (Å²) < 4.78 is 6.29. The van der Waals surface area contributed by atoms with E-state index >= 15 is 0 Å². The van der Waals surface area contributed by atoms with E-state index in [0.717, 1.165) is 38.5 Å². The van der Waals surface area contributed by atoms with E-state index in [1.807, 2.05) is 0 Å². The number of rotatable bonds is 20. The lowest BCUT2D eigenvalue weighted by molar-refractivity contribution is -0.222. The molecule has 0 unspecified atom stereocenters. The number of hydrogen-bond donors (Lipinski definition) is 2. The van der Waals surface area contributed by atoms with E-state index < -0.39 is 23.2 Å². The number of hydrogen-bond acceptors (Lipinski definition) is 4. The highest BCUT2D eigenvalue weighted by molar-refractivity contribution is 5.70. The molecule has 0 radical (unpaired) electrons. The number of aliphatic hydroxyl groups excluding tert-OH is 1. The molecule has 0 heterocycles. The van der Waals surface area contributed by atoms with Crippen LogP contribution in [-0.4, -0.2) is 34.0 Å². The Bertz CT molecular complexity index is 1140. The van der Waals surface area contributed by atoms with Gasteiger partial charge in [-0.25, -0.2) is 0 Å². The smallest absolute Gasteiger partial charge is 0.306 e. The van der Waals surface area contributed by atoms with Crippen molar-refractivity contribution in [1.82, 2.24) is 0 Å². The first-order valence-electron chi connectivity index (χ1n) is 21.5. The maximum atomic E-state index is 13.4. The quantitative estimate of drug-likeness (QED) is 0.0756. The minimum absolute atomic E-state index is 0.195. The number of allylic oxidation sites excluding steroid dienone is 5. The second kappa shape index (κ2) is 19.1. The van der Waals surface area contributed by atoms with E-state index in [0.29, 0.717) is 42.4 Å². The Balaban J connectivity index is 1.31. The van der Waals surface area contributed by atoms with Crippen LogP contribution in [0, 0.1) is 46.3 Å². The van der Waals surface area contributed by atoms with Crippen molar-refractivity contribution in [3.05, 3.63) is 36.0 Å². The van der Waals surface area contributed by atoms with Crippen LogP contribution in [0.25, 0.3) is 0 Å². The van der Waals surface area contributed by atoms with Gasteiger partial charge in [-0.3, -0.25) is 4.79 Å². The van der Waals surface area contributed by atoms with Crippen molar-refractivity contribution in [3.63, 3.8) is 0 Å². The average Bonchev–Trinajstić information content (AvgIpc) is 3.43. The molecule has 3 fully saturated rings. The molecule has 0 aromatic heterocycles. The van der Waals surface area contributed by atoms with E-state index in [-0.39, 0.29) is 23.7 Å². The van der Waals surface area contributed by atoms with Gasteiger partial charge in [0.25, 0.3) is 0 Å². The highest BCUT2D eigenvalue weighted by Gasteiger charge is 2.66. The zero-order valence-corrected chi connectivity index (χ0v) is 33.6. The lowest BCUT2D eigenvalue weighted by atomic mass is 9.45. The summed E-state index contributed by atoms with van der Waals surface area (Å²) in [5, 5.41) is 23.3. The van der Waals surface area contributed by atoms with Gasteiger partial charge in [0.2, 0.25) is 0 Å². The first kappa shape index (κ1) is 41.4. The van der Waals surface area contributed by atoms with Crippen molar-refractivity contribution < 1.29 is 19.7 Å². The fourth-order valence-electron chi connectivity index (χ4n) is 10.8. The lowest BCUT2D eigenvalue weighted by Crippen LogP contribution is -2.66. The molecule has 0 spiro atoms. The van der Waals surface area contributed by atoms with Gasteiger partial charge in [-0.15, -0.1) is 0 Å². The van der Waals surface area contributed by atoms with Crippen LogP contribution in [0.1, 0.15) is 183 Å². The molecule has 0 saturated heterocycles. The van der Waals surface area contributed by atoms with Crippen LogP contribution in [0.4, 0.5) is 0 Å². The molecular formula is C46H78O4. The van der Waals surface area contributed by atoms with Crippen LogP contribution < -0.4 is 0 Å². The molecule has 2 N–H and O–H groups in total. The minimum Gasteiger partial charge on any atom is -0.455 e. The Morgan fingerprint density at radius 2 is 1.48 bits per heavy atom. The second-order valence-electron chi connectivity index (χ2n) is 18.3. The van der Waals surface area contributed by atoms with Gasteiger partial charge >= 0.3 is 5.97 Å². The van der Waals surface area contributed by atoms with Crippen LogP contribution in [0.3, 0.4) is 0 Å². The molecule has 4 heteroatoms. The molecule has 10 atom stereocenters. The second-order valence-corrected chi connectivity index (χ2v) is 18.3. The third-order valence-electron chi connectivity index (χ3n) is 14.6. The van der Waals surface area contributed by atoms with Crippen LogP contribution in [0.5, 0.6) is 0 Å². The molecule has 0 aromatic carbocycles. The molecular weight excluding hydrogens is 617 g/mol. The molecule has 0 bridgehead atoms. The van der Waals surface area contributed by atoms with Crippen LogP contribution in [-0.2, 0) is 9.53 Å². The van der Waals surface area contributed by atoms with E-state index in [1.165, 1.54) is 82.6 Å². The molecule has 0 amide bonds. The van der Waals surface area contributed by atoms with Gasteiger partial charge in [0.15, 0.2) is 0 Å². The molecule has 50 heavy (non-hydrogen) atoms. The summed E-state index contributed by atoms with van der Waals surface area (Å²) in [5.74, 6) is 2.95. The predicted octanol–water partition coefficient (Wildman–Crippen LogP) is 12.1. The van der Waals surface area contributed by atoms with Crippen molar-refractivity contribution in [3.8, 4) is 0 Å². The normalized spacial score (nSPS) is 35.2. The maximum absolute atomic E-state index is 13.4. The molecule has 0 aromatic rings. The van der Waals surface area contributed by atoms with Gasteiger partial charge in [0.05, 0.1) is 6.10 Å². The number of ether oxygens (including phenoxy) is 1. The van der Waals surface area contributed by atoms with Crippen LogP contribution in [0.2, 0.25) is 0 Å². The Morgan fingerprint density at radius 1 is 0.840 bits per heavy atom. The van der Waals surface area contributed by atoms with Crippen LogP contribution >= 0.6 is 0 Å². The zero-order valence-electron chi connectivity index (χ0n) is 33.6. The Labute approximate surface area is 308 Å². The highest BCUT2D eigenvalue weighted by Crippen LogP contribution is 2.68. The summed E-state index contributed by atoms with van der Waals surface area (Å²) in [7, 11) is 0. The van der Waals surface area contributed by atoms with Crippen molar-refractivity contribution in [2.45, 2.75) is 201 Å².